The Kier molecular flexibility index (Phi) is 4.23. The van der Waals surface area contributed by atoms with Crippen molar-refractivity contribution >= 4 is 21.8 Å². The maximum absolute atomic E-state index is 12.2. The summed E-state index contributed by atoms with van der Waals surface area (Å²) in [5, 5.41) is 8.95. The summed E-state index contributed by atoms with van der Waals surface area (Å²) in [6.07, 6.45) is 4.69. The van der Waals surface area contributed by atoms with Gasteiger partial charge in [-0.2, -0.15) is 0 Å². The van der Waals surface area contributed by atoms with Crippen LogP contribution in [0.15, 0.2) is 16.7 Å². The average molecular weight is 301 g/mol. The first kappa shape index (κ1) is 12.6. The minimum Gasteiger partial charge on any atom is -0.396 e. The SMILES string of the molecule is O=C(c1cc(Br)c[nH]1)N1CCCC(CCO)C1. The standard InChI is InChI=1S/C12H17BrN2O2/c13-10-6-11(14-7-10)12(17)15-4-1-2-9(8-15)3-5-16/h6-7,9,14,16H,1-5,8H2. The van der Waals surface area contributed by atoms with Crippen molar-refractivity contribution in [2.45, 2.75) is 19.3 Å². The van der Waals surface area contributed by atoms with Crippen LogP contribution in [0.3, 0.4) is 0 Å². The van der Waals surface area contributed by atoms with Crippen molar-refractivity contribution in [3.63, 3.8) is 0 Å². The predicted octanol–water partition coefficient (Wildman–Crippen LogP) is 2.01. The number of hydrogen-bond acceptors (Lipinski definition) is 2. The quantitative estimate of drug-likeness (QED) is 0.897. The number of amides is 1. The summed E-state index contributed by atoms with van der Waals surface area (Å²) in [5.41, 5.74) is 0.626. The topological polar surface area (TPSA) is 56.3 Å². The zero-order chi connectivity index (χ0) is 12.3. The van der Waals surface area contributed by atoms with Crippen LogP contribution in [0.1, 0.15) is 29.8 Å². The molecule has 17 heavy (non-hydrogen) atoms. The lowest BCUT2D eigenvalue weighted by atomic mass is 9.95. The van der Waals surface area contributed by atoms with Gasteiger partial charge in [-0.3, -0.25) is 4.79 Å². The lowest BCUT2D eigenvalue weighted by Crippen LogP contribution is -2.40. The molecule has 1 amide bonds. The molecule has 2 N–H and O–H groups in total. The molecule has 5 heteroatoms. The fraction of sp³-hybridized carbons (Fsp3) is 0.583. The van der Waals surface area contributed by atoms with Crippen LogP contribution in [0.4, 0.5) is 0 Å². The number of H-pyrrole nitrogens is 1. The lowest BCUT2D eigenvalue weighted by Gasteiger charge is -2.32. The van der Waals surface area contributed by atoms with Crippen molar-refractivity contribution in [3.05, 3.63) is 22.4 Å². The third kappa shape index (κ3) is 3.10. The molecule has 1 fully saturated rings. The lowest BCUT2D eigenvalue weighted by molar-refractivity contribution is 0.0648. The third-order valence-corrected chi connectivity index (χ3v) is 3.68. The Labute approximate surface area is 109 Å². The van der Waals surface area contributed by atoms with E-state index in [1.165, 1.54) is 0 Å². The van der Waals surface area contributed by atoms with E-state index >= 15 is 0 Å². The van der Waals surface area contributed by atoms with Gasteiger partial charge in [-0.25, -0.2) is 0 Å². The van der Waals surface area contributed by atoms with Gasteiger partial charge >= 0.3 is 0 Å². The number of nitrogens with zero attached hydrogens (tertiary/aromatic N) is 1. The van der Waals surface area contributed by atoms with Gasteiger partial charge in [0.1, 0.15) is 5.69 Å². The number of halogens is 1. The van der Waals surface area contributed by atoms with E-state index in [9.17, 15) is 4.79 Å². The maximum Gasteiger partial charge on any atom is 0.270 e. The fourth-order valence-electron chi connectivity index (χ4n) is 2.33. The number of rotatable bonds is 3. The van der Waals surface area contributed by atoms with Crippen molar-refractivity contribution in [1.29, 1.82) is 0 Å². The molecule has 0 aromatic carbocycles. The van der Waals surface area contributed by atoms with Gasteiger partial charge < -0.3 is 15.0 Å². The molecule has 1 aliphatic rings. The Morgan fingerprint density at radius 1 is 1.65 bits per heavy atom. The van der Waals surface area contributed by atoms with Gasteiger partial charge in [0.05, 0.1) is 0 Å². The number of aromatic amines is 1. The van der Waals surface area contributed by atoms with Gasteiger partial charge in [0.2, 0.25) is 0 Å². The fourth-order valence-corrected chi connectivity index (χ4v) is 2.67. The van der Waals surface area contributed by atoms with E-state index in [0.29, 0.717) is 11.6 Å². The van der Waals surface area contributed by atoms with Crippen molar-refractivity contribution in [1.82, 2.24) is 9.88 Å². The highest BCUT2D eigenvalue weighted by molar-refractivity contribution is 9.10. The van der Waals surface area contributed by atoms with Crippen LogP contribution in [0.5, 0.6) is 0 Å². The van der Waals surface area contributed by atoms with Crippen LogP contribution < -0.4 is 0 Å². The average Bonchev–Trinajstić information content (AvgIpc) is 2.76. The molecule has 94 valence electrons. The number of aliphatic hydroxyl groups is 1. The summed E-state index contributed by atoms with van der Waals surface area (Å²) < 4.78 is 0.893. The molecular weight excluding hydrogens is 284 g/mol. The molecule has 4 nitrogen and oxygen atoms in total. The van der Waals surface area contributed by atoms with E-state index in [1.54, 1.807) is 12.3 Å². The zero-order valence-electron chi connectivity index (χ0n) is 9.66. The van der Waals surface area contributed by atoms with Crippen molar-refractivity contribution < 1.29 is 9.90 Å². The Morgan fingerprint density at radius 2 is 2.47 bits per heavy atom. The molecule has 1 aliphatic heterocycles. The van der Waals surface area contributed by atoms with Crippen LogP contribution in [0.25, 0.3) is 0 Å². The molecule has 0 aliphatic carbocycles. The van der Waals surface area contributed by atoms with Crippen molar-refractivity contribution in [2.24, 2.45) is 5.92 Å². The van der Waals surface area contributed by atoms with Gasteiger partial charge in [-0.05, 0) is 47.2 Å². The summed E-state index contributed by atoms with van der Waals surface area (Å²) in [5.74, 6) is 0.495. The van der Waals surface area contributed by atoms with Gasteiger partial charge in [0.15, 0.2) is 0 Å². The number of likely N-dealkylation sites (tertiary alicyclic amines) is 1. The summed E-state index contributed by atoms with van der Waals surface area (Å²) in [7, 11) is 0. The molecular formula is C12H17BrN2O2. The van der Waals surface area contributed by atoms with Crippen LogP contribution in [0.2, 0.25) is 0 Å². The Hall–Kier alpha value is -0.810. The summed E-state index contributed by atoms with van der Waals surface area (Å²) in [4.78, 5) is 17.0. The van der Waals surface area contributed by atoms with Crippen molar-refractivity contribution in [3.8, 4) is 0 Å². The third-order valence-electron chi connectivity index (χ3n) is 3.22. The van der Waals surface area contributed by atoms with Gasteiger partial charge in [0.25, 0.3) is 5.91 Å². The highest BCUT2D eigenvalue weighted by Gasteiger charge is 2.24. The molecule has 1 aromatic heterocycles. The molecule has 2 rings (SSSR count). The first-order valence-corrected chi connectivity index (χ1v) is 6.74. The van der Waals surface area contributed by atoms with Gasteiger partial charge in [0, 0.05) is 30.4 Å². The molecule has 1 saturated heterocycles. The second-order valence-electron chi connectivity index (χ2n) is 4.50. The smallest absolute Gasteiger partial charge is 0.270 e. The predicted molar refractivity (Wildman–Crippen MR) is 68.8 cm³/mol. The van der Waals surface area contributed by atoms with E-state index in [0.717, 1.165) is 36.8 Å². The van der Waals surface area contributed by atoms with Crippen LogP contribution in [-0.2, 0) is 0 Å². The first-order chi connectivity index (χ1) is 8.20. The molecule has 2 heterocycles. The Balaban J connectivity index is 1.99. The van der Waals surface area contributed by atoms with Crippen LogP contribution in [-0.4, -0.2) is 40.6 Å². The van der Waals surface area contributed by atoms with Crippen molar-refractivity contribution in [2.75, 3.05) is 19.7 Å². The van der Waals surface area contributed by atoms with E-state index in [4.69, 9.17) is 5.11 Å². The minimum absolute atomic E-state index is 0.0540. The van der Waals surface area contributed by atoms with Gasteiger partial charge in [-0.1, -0.05) is 0 Å². The first-order valence-electron chi connectivity index (χ1n) is 5.94. The van der Waals surface area contributed by atoms with E-state index < -0.39 is 0 Å². The number of piperidine rings is 1. The Bertz CT molecular complexity index is 390. The molecule has 0 saturated carbocycles. The zero-order valence-corrected chi connectivity index (χ0v) is 11.2. The number of aliphatic hydroxyl groups excluding tert-OH is 1. The second kappa shape index (κ2) is 5.69. The second-order valence-corrected chi connectivity index (χ2v) is 5.42. The van der Waals surface area contributed by atoms with Crippen LogP contribution >= 0.6 is 15.9 Å². The highest BCUT2D eigenvalue weighted by Crippen LogP contribution is 2.21. The summed E-state index contributed by atoms with van der Waals surface area (Å²) >= 11 is 3.33. The monoisotopic (exact) mass is 300 g/mol. The number of hydrogen-bond donors (Lipinski definition) is 2. The van der Waals surface area contributed by atoms with Gasteiger partial charge in [-0.15, -0.1) is 0 Å². The molecule has 1 unspecified atom stereocenters. The molecule has 1 atom stereocenters. The number of nitrogens with one attached hydrogen (secondary N) is 1. The van der Waals surface area contributed by atoms with E-state index in [-0.39, 0.29) is 12.5 Å². The molecule has 0 radical (unpaired) electrons. The largest absolute Gasteiger partial charge is 0.396 e. The van der Waals surface area contributed by atoms with Crippen LogP contribution in [0, 0.1) is 5.92 Å². The minimum atomic E-state index is 0.0540. The normalized spacial score (nSPS) is 20.6. The van der Waals surface area contributed by atoms with E-state index in [1.807, 2.05) is 4.90 Å². The molecule has 0 spiro atoms. The maximum atomic E-state index is 12.2. The summed E-state index contributed by atoms with van der Waals surface area (Å²) in [6, 6.07) is 1.80. The number of carbonyl (C=O) groups is 1. The highest BCUT2D eigenvalue weighted by atomic mass is 79.9. The molecule has 1 aromatic rings. The molecule has 0 bridgehead atoms. The Morgan fingerprint density at radius 3 is 3.12 bits per heavy atom. The number of carbonyl (C=O) groups excluding carboxylic acids is 1. The number of aromatic nitrogens is 1. The summed E-state index contributed by atoms with van der Waals surface area (Å²) in [6.45, 7) is 1.79. The van der Waals surface area contributed by atoms with E-state index in [2.05, 4.69) is 20.9 Å².